The molecule has 0 radical (unpaired) electrons. The van der Waals surface area contributed by atoms with E-state index < -0.39 is 5.97 Å². The van der Waals surface area contributed by atoms with E-state index in [1.54, 1.807) is 0 Å². The molecule has 0 aliphatic carbocycles. The van der Waals surface area contributed by atoms with Gasteiger partial charge in [-0.15, -0.1) is 11.3 Å². The van der Waals surface area contributed by atoms with E-state index in [0.29, 0.717) is 13.0 Å². The van der Waals surface area contributed by atoms with Gasteiger partial charge in [0, 0.05) is 16.5 Å². The fourth-order valence-electron chi connectivity index (χ4n) is 3.35. The molecular formula is C20H18NO2S+. The van der Waals surface area contributed by atoms with Crippen LogP contribution in [-0.4, -0.2) is 11.1 Å². The molecule has 0 aliphatic heterocycles. The van der Waals surface area contributed by atoms with Crippen LogP contribution in [0.2, 0.25) is 0 Å². The van der Waals surface area contributed by atoms with Gasteiger partial charge in [0.1, 0.15) is 11.2 Å². The van der Waals surface area contributed by atoms with Crippen molar-refractivity contribution in [2.24, 2.45) is 0 Å². The van der Waals surface area contributed by atoms with Gasteiger partial charge in [0.05, 0.1) is 17.2 Å². The number of hydrogen-bond acceptors (Lipinski definition) is 2. The minimum atomic E-state index is -0.737. The van der Waals surface area contributed by atoms with Crippen molar-refractivity contribution in [3.8, 4) is 0 Å². The fraction of sp³-hybridized carbons (Fsp3) is 0.200. The van der Waals surface area contributed by atoms with E-state index in [2.05, 4.69) is 60.2 Å². The first kappa shape index (κ1) is 15.1. The highest BCUT2D eigenvalue weighted by Crippen LogP contribution is 2.36. The standard InChI is InChI=1S/C20H17NO2S/c1-13-6-4-8-14-16(13)12-21(11-5-10-18(22)23)19-15-7-2-3-9-17(15)24-20(14)19/h2-4,6-9,12H,5,10-11H2,1H3/p+1. The Morgan fingerprint density at radius 1 is 1.08 bits per heavy atom. The number of benzene rings is 2. The fourth-order valence-corrected chi connectivity index (χ4v) is 4.60. The Bertz CT molecular complexity index is 1080. The van der Waals surface area contributed by atoms with Crippen LogP contribution in [0.4, 0.5) is 0 Å². The van der Waals surface area contributed by atoms with Crippen molar-refractivity contribution in [3.05, 3.63) is 54.2 Å². The molecular weight excluding hydrogens is 318 g/mol. The maximum Gasteiger partial charge on any atom is 0.303 e. The van der Waals surface area contributed by atoms with Gasteiger partial charge < -0.3 is 5.11 Å². The Labute approximate surface area is 143 Å². The van der Waals surface area contributed by atoms with Crippen molar-refractivity contribution >= 4 is 48.4 Å². The second-order valence-electron chi connectivity index (χ2n) is 6.13. The van der Waals surface area contributed by atoms with Crippen LogP contribution in [0.1, 0.15) is 18.4 Å². The minimum Gasteiger partial charge on any atom is -0.481 e. The zero-order chi connectivity index (χ0) is 16.7. The first-order chi connectivity index (χ1) is 11.6. The minimum absolute atomic E-state index is 0.197. The summed E-state index contributed by atoms with van der Waals surface area (Å²) >= 11 is 1.82. The molecule has 0 saturated carbocycles. The summed E-state index contributed by atoms with van der Waals surface area (Å²) < 4.78 is 4.80. The summed E-state index contributed by atoms with van der Waals surface area (Å²) in [5, 5.41) is 12.7. The molecule has 120 valence electrons. The van der Waals surface area contributed by atoms with Gasteiger partial charge in [-0.2, -0.15) is 4.57 Å². The number of hydrogen-bond donors (Lipinski definition) is 1. The second-order valence-corrected chi connectivity index (χ2v) is 7.18. The van der Waals surface area contributed by atoms with Gasteiger partial charge in [-0.25, -0.2) is 0 Å². The Morgan fingerprint density at radius 2 is 1.88 bits per heavy atom. The first-order valence-corrected chi connectivity index (χ1v) is 8.91. The molecule has 0 saturated heterocycles. The highest BCUT2D eigenvalue weighted by atomic mass is 32.1. The number of thiophene rings is 1. The summed E-state index contributed by atoms with van der Waals surface area (Å²) in [5.41, 5.74) is 2.47. The Kier molecular flexibility index (Phi) is 3.69. The maximum absolute atomic E-state index is 10.9. The van der Waals surface area contributed by atoms with Gasteiger partial charge in [0.2, 0.25) is 5.52 Å². The lowest BCUT2D eigenvalue weighted by Crippen LogP contribution is -2.34. The number of carboxylic acids is 1. The van der Waals surface area contributed by atoms with Crippen LogP contribution < -0.4 is 4.57 Å². The van der Waals surface area contributed by atoms with E-state index in [4.69, 9.17) is 5.11 Å². The molecule has 0 atom stereocenters. The molecule has 0 unspecified atom stereocenters. The average molecular weight is 336 g/mol. The number of aliphatic carboxylic acids is 1. The molecule has 24 heavy (non-hydrogen) atoms. The average Bonchev–Trinajstić information content (AvgIpc) is 2.95. The van der Waals surface area contributed by atoms with Gasteiger partial charge >= 0.3 is 5.97 Å². The normalized spacial score (nSPS) is 11.5. The Hall–Kier alpha value is -2.46. The third-order valence-corrected chi connectivity index (χ3v) is 5.69. The van der Waals surface area contributed by atoms with Crippen LogP contribution in [0.15, 0.2) is 48.7 Å². The van der Waals surface area contributed by atoms with Crippen molar-refractivity contribution in [1.82, 2.24) is 0 Å². The zero-order valence-corrected chi connectivity index (χ0v) is 14.3. The third-order valence-electron chi connectivity index (χ3n) is 4.50. The molecule has 4 aromatic rings. The summed E-state index contributed by atoms with van der Waals surface area (Å²) in [6.45, 7) is 2.84. The van der Waals surface area contributed by atoms with Crippen LogP contribution in [0.25, 0.3) is 31.1 Å². The molecule has 1 N–H and O–H groups in total. The van der Waals surface area contributed by atoms with E-state index in [-0.39, 0.29) is 6.42 Å². The Morgan fingerprint density at radius 3 is 2.71 bits per heavy atom. The van der Waals surface area contributed by atoms with Crippen LogP contribution >= 0.6 is 11.3 Å². The molecule has 4 rings (SSSR count). The van der Waals surface area contributed by atoms with Crippen molar-refractivity contribution < 1.29 is 14.5 Å². The molecule has 2 aromatic heterocycles. The molecule has 0 bridgehead atoms. The van der Waals surface area contributed by atoms with Gasteiger partial charge in [0.15, 0.2) is 6.20 Å². The molecule has 0 aliphatic rings. The number of aryl methyl sites for hydroxylation is 2. The number of carboxylic acid groups (broad SMARTS) is 1. The van der Waals surface area contributed by atoms with Crippen molar-refractivity contribution in [3.63, 3.8) is 0 Å². The third kappa shape index (κ3) is 2.43. The van der Waals surface area contributed by atoms with Gasteiger partial charge in [-0.05, 0) is 24.6 Å². The van der Waals surface area contributed by atoms with Crippen LogP contribution in [0.5, 0.6) is 0 Å². The number of aromatic nitrogens is 1. The summed E-state index contributed by atoms with van der Waals surface area (Å²) in [4.78, 5) is 10.9. The van der Waals surface area contributed by atoms with Gasteiger partial charge in [0.25, 0.3) is 0 Å². The Balaban J connectivity index is 2.02. The predicted molar refractivity (Wildman–Crippen MR) is 98.6 cm³/mol. The molecule has 2 aromatic carbocycles. The van der Waals surface area contributed by atoms with E-state index in [1.807, 2.05) is 11.3 Å². The largest absolute Gasteiger partial charge is 0.481 e. The van der Waals surface area contributed by atoms with E-state index >= 15 is 0 Å². The van der Waals surface area contributed by atoms with Crippen molar-refractivity contribution in [1.29, 1.82) is 0 Å². The summed E-state index contributed by atoms with van der Waals surface area (Å²) in [7, 11) is 0. The van der Waals surface area contributed by atoms with E-state index in [0.717, 1.165) is 0 Å². The monoisotopic (exact) mass is 336 g/mol. The number of fused-ring (bicyclic) bond motifs is 5. The lowest BCUT2D eigenvalue weighted by molar-refractivity contribution is -0.669. The van der Waals surface area contributed by atoms with Gasteiger partial charge in [-0.1, -0.05) is 30.3 Å². The zero-order valence-electron chi connectivity index (χ0n) is 13.5. The van der Waals surface area contributed by atoms with Crippen molar-refractivity contribution in [2.45, 2.75) is 26.3 Å². The predicted octanol–water partition coefficient (Wildman–Crippen LogP) is 4.67. The SMILES string of the molecule is Cc1cccc2c1c[n+](CCCC(=O)O)c1c3ccccc3sc21. The number of nitrogens with zero attached hydrogens (tertiary/aromatic N) is 1. The van der Waals surface area contributed by atoms with Crippen LogP contribution in [0.3, 0.4) is 0 Å². The topological polar surface area (TPSA) is 41.2 Å². The number of rotatable bonds is 4. The smallest absolute Gasteiger partial charge is 0.303 e. The molecule has 0 amide bonds. The van der Waals surface area contributed by atoms with Crippen molar-refractivity contribution in [2.75, 3.05) is 0 Å². The van der Waals surface area contributed by atoms with Crippen LogP contribution in [-0.2, 0) is 11.3 Å². The highest BCUT2D eigenvalue weighted by molar-refractivity contribution is 7.26. The summed E-state index contributed by atoms with van der Waals surface area (Å²) in [6.07, 6.45) is 3.02. The first-order valence-electron chi connectivity index (χ1n) is 8.10. The summed E-state index contributed by atoms with van der Waals surface area (Å²) in [6, 6.07) is 14.9. The molecule has 0 spiro atoms. The van der Waals surface area contributed by atoms with E-state index in [9.17, 15) is 4.79 Å². The molecule has 0 fully saturated rings. The lowest BCUT2D eigenvalue weighted by atomic mass is 10.1. The lowest BCUT2D eigenvalue weighted by Gasteiger charge is -2.05. The second kappa shape index (κ2) is 5.87. The molecule has 3 nitrogen and oxygen atoms in total. The maximum atomic E-state index is 10.9. The summed E-state index contributed by atoms with van der Waals surface area (Å²) in [5.74, 6) is -0.737. The number of pyridine rings is 1. The molecule has 2 heterocycles. The van der Waals surface area contributed by atoms with Crippen LogP contribution in [0, 0.1) is 6.92 Å². The molecule has 4 heteroatoms. The quantitative estimate of drug-likeness (QED) is 0.550. The van der Waals surface area contributed by atoms with E-state index in [1.165, 1.54) is 36.6 Å². The van der Waals surface area contributed by atoms with Gasteiger partial charge in [-0.3, -0.25) is 4.79 Å². The highest BCUT2D eigenvalue weighted by Gasteiger charge is 2.20. The number of carbonyl (C=O) groups is 1.